The Balaban J connectivity index is 0.00000214. The normalized spacial score (nSPS) is 32.1. The predicted molar refractivity (Wildman–Crippen MR) is 190 cm³/mol. The number of carbonyl (C=O) groups is 2. The van der Waals surface area contributed by atoms with E-state index in [1.165, 1.54) is 7.05 Å². The smallest absolute Gasteiger partial charge is 0.391 e. The Kier molecular flexibility index (Phi) is 24.6. The molecule has 0 radical (unpaired) electrons. The number of ether oxygens (including phenoxy) is 3. The number of Topliss-reactive ketones (excluding diaryl/α,β-unsaturated/α-hetero) is 1. The van der Waals surface area contributed by atoms with E-state index >= 15 is 0 Å². The van der Waals surface area contributed by atoms with E-state index in [2.05, 4.69) is 18.0 Å². The molecule has 14 heteroatoms. The topological polar surface area (TPSA) is 120 Å². The number of ketones is 1. The average molecular weight is 763 g/mol. The zero-order valence-electron chi connectivity index (χ0n) is 31.6. The lowest BCUT2D eigenvalue weighted by Gasteiger charge is -2.42. The molecule has 4 rings (SSSR count). The molecule has 0 amide bonds. The van der Waals surface area contributed by atoms with Crippen LogP contribution >= 0.6 is 0 Å². The first-order valence-corrected chi connectivity index (χ1v) is 19.5. The fraction of sp³-hybridized carbons (Fsp3) is 0.947. The van der Waals surface area contributed by atoms with Crippen molar-refractivity contribution in [3.63, 3.8) is 0 Å². The summed E-state index contributed by atoms with van der Waals surface area (Å²) in [4.78, 5) is 21.2. The highest BCUT2D eigenvalue weighted by atomic mass is 19.4. The predicted octanol–water partition coefficient (Wildman–Crippen LogP) is 8.35. The number of nitrogens with one attached hydrogen (secondary N) is 1. The Morgan fingerprint density at radius 2 is 1.56 bits per heavy atom. The minimum Gasteiger partial charge on any atom is -0.483 e. The second-order valence-electron chi connectivity index (χ2n) is 15.2. The molecular formula is C38H68F6N2O6. The lowest BCUT2D eigenvalue weighted by Crippen LogP contribution is -2.44. The van der Waals surface area contributed by atoms with E-state index in [4.69, 9.17) is 24.1 Å². The maximum atomic E-state index is 14.1. The van der Waals surface area contributed by atoms with Gasteiger partial charge in [-0.1, -0.05) is 26.7 Å². The fourth-order valence-electron chi connectivity index (χ4n) is 8.70. The van der Waals surface area contributed by atoms with Crippen molar-refractivity contribution in [1.29, 1.82) is 0 Å². The lowest BCUT2D eigenvalue weighted by molar-refractivity contribution is -0.201. The van der Waals surface area contributed by atoms with Gasteiger partial charge in [0.05, 0.1) is 30.3 Å². The Labute approximate surface area is 307 Å². The summed E-state index contributed by atoms with van der Waals surface area (Å²) in [7, 11) is 1.50. The summed E-state index contributed by atoms with van der Waals surface area (Å²) in [5.74, 6) is -1.52. The van der Waals surface area contributed by atoms with Crippen LogP contribution in [0.4, 0.5) is 26.7 Å². The third-order valence-electron chi connectivity index (χ3n) is 11.3. The maximum absolute atomic E-state index is 14.1. The van der Waals surface area contributed by atoms with E-state index in [1.807, 2.05) is 6.92 Å². The van der Waals surface area contributed by atoms with Crippen molar-refractivity contribution in [3.05, 3.63) is 0 Å². The zero-order chi connectivity index (χ0) is 37.8. The highest BCUT2D eigenvalue weighted by molar-refractivity contribution is 5.78. The Bertz CT molecular complexity index is 936. The summed E-state index contributed by atoms with van der Waals surface area (Å²) >= 11 is 0. The van der Waals surface area contributed by atoms with Gasteiger partial charge in [0.2, 0.25) is 6.43 Å². The molecule has 52 heavy (non-hydrogen) atoms. The van der Waals surface area contributed by atoms with Crippen molar-refractivity contribution in [2.75, 3.05) is 33.4 Å². The van der Waals surface area contributed by atoms with Gasteiger partial charge in [-0.3, -0.25) is 14.3 Å². The molecule has 8 nitrogen and oxygen atoms in total. The van der Waals surface area contributed by atoms with Crippen molar-refractivity contribution in [2.24, 2.45) is 41.2 Å². The van der Waals surface area contributed by atoms with Gasteiger partial charge in [0.15, 0.2) is 0 Å². The van der Waals surface area contributed by atoms with E-state index in [9.17, 15) is 26.7 Å². The summed E-state index contributed by atoms with van der Waals surface area (Å²) < 4.78 is 87.0. The maximum Gasteiger partial charge on any atom is 0.391 e. The van der Waals surface area contributed by atoms with E-state index in [0.717, 1.165) is 70.9 Å². The molecule has 0 aromatic rings. The number of alkyl halides is 5. The molecule has 3 saturated carbocycles. The number of hydrogen-bond acceptors (Lipinski definition) is 7. The SMILES string of the molecule is CCCCCC(=O)CC1CC(C(F)F)CC(CCOCCC2CCC(OC3CC(C)CC(C(F)(F)F)C3)CC2)C1O[C@@H]1CCNC1.CN.F.O=CO. The molecule has 7 unspecified atom stereocenters. The summed E-state index contributed by atoms with van der Waals surface area (Å²) in [6, 6.07) is 0. The van der Waals surface area contributed by atoms with Gasteiger partial charge in [-0.25, -0.2) is 8.78 Å². The molecule has 4 aliphatic rings. The molecule has 8 atom stereocenters. The summed E-state index contributed by atoms with van der Waals surface area (Å²) in [5, 5.41) is 10.2. The first-order valence-electron chi connectivity index (χ1n) is 19.5. The first-order chi connectivity index (χ1) is 24.4. The number of carboxylic acid groups (broad SMARTS) is 1. The van der Waals surface area contributed by atoms with Crippen molar-refractivity contribution in [2.45, 2.75) is 160 Å². The molecular weight excluding hydrogens is 694 g/mol. The molecule has 0 aromatic heterocycles. The van der Waals surface area contributed by atoms with Gasteiger partial charge in [0, 0.05) is 38.5 Å². The third kappa shape index (κ3) is 17.8. The van der Waals surface area contributed by atoms with Gasteiger partial charge in [0.1, 0.15) is 5.78 Å². The second-order valence-corrected chi connectivity index (χ2v) is 15.2. The van der Waals surface area contributed by atoms with Crippen molar-refractivity contribution >= 4 is 12.3 Å². The molecule has 4 N–H and O–H groups in total. The quantitative estimate of drug-likeness (QED) is 0.0769. The van der Waals surface area contributed by atoms with Crippen molar-refractivity contribution in [1.82, 2.24) is 5.32 Å². The average Bonchev–Trinajstić information content (AvgIpc) is 3.60. The molecule has 308 valence electrons. The number of carbonyl (C=O) groups excluding carboxylic acids is 1. The molecule has 0 spiro atoms. The zero-order valence-corrected chi connectivity index (χ0v) is 31.6. The van der Waals surface area contributed by atoms with E-state index in [1.54, 1.807) is 0 Å². The largest absolute Gasteiger partial charge is 0.483 e. The number of hydrogen-bond donors (Lipinski definition) is 3. The van der Waals surface area contributed by atoms with Gasteiger partial charge < -0.3 is 30.4 Å². The van der Waals surface area contributed by atoms with Gasteiger partial charge >= 0.3 is 6.18 Å². The Morgan fingerprint density at radius 1 is 0.904 bits per heavy atom. The number of halogens is 6. The molecule has 0 aromatic carbocycles. The third-order valence-corrected chi connectivity index (χ3v) is 11.3. The van der Waals surface area contributed by atoms with Gasteiger partial charge in [-0.15, -0.1) is 0 Å². The Morgan fingerprint density at radius 3 is 2.15 bits per heavy atom. The first kappa shape index (κ1) is 48.5. The molecule has 0 bridgehead atoms. The van der Waals surface area contributed by atoms with E-state index in [0.29, 0.717) is 57.7 Å². The summed E-state index contributed by atoms with van der Waals surface area (Å²) in [6.07, 6.45) is 4.68. The highest BCUT2D eigenvalue weighted by Gasteiger charge is 2.45. The fourth-order valence-corrected chi connectivity index (χ4v) is 8.70. The summed E-state index contributed by atoms with van der Waals surface area (Å²) in [6.45, 7) is 6.48. The number of unbranched alkanes of at least 4 members (excludes halogenated alkanes) is 2. The molecule has 1 aliphatic heterocycles. The molecule has 4 fully saturated rings. The van der Waals surface area contributed by atoms with Crippen LogP contribution in [0, 0.1) is 35.5 Å². The van der Waals surface area contributed by atoms with Crippen LogP contribution in [0.15, 0.2) is 0 Å². The van der Waals surface area contributed by atoms with Gasteiger partial charge in [-0.2, -0.15) is 13.2 Å². The van der Waals surface area contributed by atoms with Gasteiger partial charge in [-0.05, 0) is 121 Å². The highest BCUT2D eigenvalue weighted by Crippen LogP contribution is 2.44. The van der Waals surface area contributed by atoms with Crippen LogP contribution in [-0.4, -0.2) is 87.7 Å². The molecule has 3 aliphatic carbocycles. The standard InChI is InChI=1S/C36H60F5NO4.CH5N.CH2O2.FH/c1-3-4-5-6-30(43)21-27-20-28(35(37)38)19-26(34(27)46-32-11-14-42-23-32)13-16-44-15-12-25-7-9-31(10-8-25)45-33-18-24(2)17-29(22-33)36(39,40)41;1-2;2-1-3;/h24-29,31-35,42H,3-23H2,1-2H3;2H2,1H3;1H,(H,2,3);1H/t24?,25?,26?,27?,28?,29?,31?,32-,33?,34?;;;/m1.../s1. The molecule has 1 saturated heterocycles. The van der Waals surface area contributed by atoms with Crippen molar-refractivity contribution in [3.8, 4) is 0 Å². The second kappa shape index (κ2) is 26.3. The van der Waals surface area contributed by atoms with Crippen LogP contribution < -0.4 is 11.1 Å². The minimum atomic E-state index is -4.15. The van der Waals surface area contributed by atoms with Crippen LogP contribution in [0.25, 0.3) is 0 Å². The number of nitrogens with two attached hydrogens (primary N) is 1. The monoisotopic (exact) mass is 762 g/mol. The van der Waals surface area contributed by atoms with E-state index < -0.39 is 24.4 Å². The van der Waals surface area contributed by atoms with Gasteiger partial charge in [0.25, 0.3) is 6.47 Å². The van der Waals surface area contributed by atoms with Crippen LogP contribution in [0.1, 0.15) is 123 Å². The van der Waals surface area contributed by atoms with Crippen LogP contribution in [0.5, 0.6) is 0 Å². The van der Waals surface area contributed by atoms with E-state index in [-0.39, 0.29) is 72.0 Å². The lowest BCUT2D eigenvalue weighted by atomic mass is 9.70. The van der Waals surface area contributed by atoms with Crippen molar-refractivity contribution < 1.29 is 55.6 Å². The van der Waals surface area contributed by atoms with Crippen LogP contribution in [0.2, 0.25) is 0 Å². The minimum absolute atomic E-state index is 0. The number of rotatable bonds is 17. The van der Waals surface area contributed by atoms with Crippen LogP contribution in [-0.2, 0) is 23.8 Å². The van der Waals surface area contributed by atoms with Crippen LogP contribution in [0.3, 0.4) is 0 Å². The summed E-state index contributed by atoms with van der Waals surface area (Å²) in [5.41, 5.74) is 4.50. The Hall–Kier alpha value is -1.48. The molecule has 1 heterocycles.